The molecule has 1 unspecified atom stereocenters. The molecule has 1 saturated carbocycles. The number of nitrogens with zero attached hydrogens (tertiary/aromatic N) is 1. The Morgan fingerprint density at radius 2 is 2.17 bits per heavy atom. The topological polar surface area (TPSA) is 92.9 Å². The molecular formula is C17H22N2O4. The zero-order valence-corrected chi connectivity index (χ0v) is 13.4. The number of anilines is 1. The largest absolute Gasteiger partial charge is 0.481 e. The monoisotopic (exact) mass is 318 g/mol. The van der Waals surface area contributed by atoms with Crippen molar-refractivity contribution in [1.29, 1.82) is 0 Å². The fourth-order valence-corrected chi connectivity index (χ4v) is 2.95. The second-order valence-corrected chi connectivity index (χ2v) is 6.80. The molecule has 1 amide bonds. The van der Waals surface area contributed by atoms with Gasteiger partial charge in [0.1, 0.15) is 5.75 Å². The van der Waals surface area contributed by atoms with E-state index >= 15 is 0 Å². The molecule has 6 nitrogen and oxygen atoms in total. The summed E-state index contributed by atoms with van der Waals surface area (Å²) in [5.41, 5.74) is 6.82. The van der Waals surface area contributed by atoms with Crippen LogP contribution in [0.25, 0.3) is 0 Å². The van der Waals surface area contributed by atoms with Gasteiger partial charge in [-0.05, 0) is 50.3 Å². The maximum Gasteiger partial charge on any atom is 0.305 e. The fraction of sp³-hybridized carbons (Fsp3) is 0.529. The van der Waals surface area contributed by atoms with Crippen molar-refractivity contribution >= 4 is 17.6 Å². The number of nitrogens with two attached hydrogens (primary N) is 1. The molecule has 1 fully saturated rings. The van der Waals surface area contributed by atoms with E-state index in [1.54, 1.807) is 13.8 Å². The van der Waals surface area contributed by atoms with Crippen molar-refractivity contribution in [3.05, 3.63) is 23.8 Å². The van der Waals surface area contributed by atoms with Crippen LogP contribution in [0.1, 0.15) is 44.7 Å². The van der Waals surface area contributed by atoms with E-state index in [1.165, 1.54) is 4.90 Å². The first-order valence-electron chi connectivity index (χ1n) is 7.92. The Morgan fingerprint density at radius 1 is 1.48 bits per heavy atom. The standard InChI is InChI=1S/C17H22N2O4/c1-17(2)16(22)19(8-7-14(20)21)12-9-11(5-6-13(12)23-17)15(18)10-3-4-10/h5-6,9-10,15H,3-4,7-8,18H2,1-2H3,(H,20,21). The lowest BCUT2D eigenvalue weighted by atomic mass is 9.98. The van der Waals surface area contributed by atoms with Crippen molar-refractivity contribution < 1.29 is 19.4 Å². The molecular weight excluding hydrogens is 296 g/mol. The summed E-state index contributed by atoms with van der Waals surface area (Å²) in [6, 6.07) is 5.58. The van der Waals surface area contributed by atoms with Crippen LogP contribution in [0.4, 0.5) is 5.69 Å². The number of carboxylic acids is 1. The number of amides is 1. The van der Waals surface area contributed by atoms with Gasteiger partial charge < -0.3 is 20.5 Å². The summed E-state index contributed by atoms with van der Waals surface area (Å²) >= 11 is 0. The van der Waals surface area contributed by atoms with Gasteiger partial charge >= 0.3 is 5.97 Å². The average molecular weight is 318 g/mol. The van der Waals surface area contributed by atoms with E-state index in [0.717, 1.165) is 18.4 Å². The number of carbonyl (C=O) groups excluding carboxylic acids is 1. The van der Waals surface area contributed by atoms with Gasteiger partial charge in [-0.1, -0.05) is 6.07 Å². The van der Waals surface area contributed by atoms with Gasteiger partial charge in [-0.2, -0.15) is 0 Å². The molecule has 1 aromatic rings. The number of hydrogen-bond donors (Lipinski definition) is 2. The second-order valence-electron chi connectivity index (χ2n) is 6.80. The normalized spacial score (nSPS) is 20.7. The van der Waals surface area contributed by atoms with Crippen LogP contribution in [0.3, 0.4) is 0 Å². The van der Waals surface area contributed by atoms with Gasteiger partial charge in [0, 0.05) is 12.6 Å². The number of carbonyl (C=O) groups is 2. The maximum absolute atomic E-state index is 12.6. The highest BCUT2D eigenvalue weighted by molar-refractivity contribution is 6.02. The first kappa shape index (κ1) is 15.8. The van der Waals surface area contributed by atoms with E-state index in [0.29, 0.717) is 17.4 Å². The molecule has 0 spiro atoms. The summed E-state index contributed by atoms with van der Waals surface area (Å²) in [5.74, 6) is -0.0817. The van der Waals surface area contributed by atoms with Crippen molar-refractivity contribution in [3.8, 4) is 5.75 Å². The maximum atomic E-state index is 12.6. The first-order chi connectivity index (χ1) is 10.8. The summed E-state index contributed by atoms with van der Waals surface area (Å²) < 4.78 is 5.80. The van der Waals surface area contributed by atoms with Crippen LogP contribution in [-0.4, -0.2) is 29.1 Å². The summed E-state index contributed by atoms with van der Waals surface area (Å²) in [7, 11) is 0. The lowest BCUT2D eigenvalue weighted by Crippen LogP contribution is -2.53. The minimum atomic E-state index is -1.01. The molecule has 0 radical (unpaired) electrons. The van der Waals surface area contributed by atoms with Gasteiger partial charge in [0.05, 0.1) is 12.1 Å². The zero-order chi connectivity index (χ0) is 16.8. The predicted octanol–water partition coefficient (Wildman–Crippen LogP) is 2.08. The molecule has 3 rings (SSSR count). The lowest BCUT2D eigenvalue weighted by molar-refractivity contribution is -0.137. The van der Waals surface area contributed by atoms with Crippen molar-refractivity contribution in [3.63, 3.8) is 0 Å². The first-order valence-corrected chi connectivity index (χ1v) is 7.92. The van der Waals surface area contributed by atoms with Gasteiger partial charge in [0.2, 0.25) is 0 Å². The highest BCUT2D eigenvalue weighted by Gasteiger charge is 2.41. The molecule has 1 atom stereocenters. The second kappa shape index (κ2) is 5.53. The molecule has 124 valence electrons. The third-order valence-corrected chi connectivity index (χ3v) is 4.46. The zero-order valence-electron chi connectivity index (χ0n) is 13.4. The molecule has 0 bridgehead atoms. The fourth-order valence-electron chi connectivity index (χ4n) is 2.95. The Kier molecular flexibility index (Phi) is 3.80. The van der Waals surface area contributed by atoms with Crippen molar-refractivity contribution in [1.82, 2.24) is 0 Å². The number of benzene rings is 1. The van der Waals surface area contributed by atoms with E-state index < -0.39 is 11.6 Å². The molecule has 23 heavy (non-hydrogen) atoms. The molecule has 0 saturated heterocycles. The van der Waals surface area contributed by atoms with Gasteiger partial charge in [0.15, 0.2) is 5.60 Å². The third-order valence-electron chi connectivity index (χ3n) is 4.46. The van der Waals surface area contributed by atoms with Gasteiger partial charge in [-0.3, -0.25) is 9.59 Å². The van der Waals surface area contributed by atoms with Crippen molar-refractivity contribution in [2.24, 2.45) is 11.7 Å². The predicted molar refractivity (Wildman–Crippen MR) is 85.4 cm³/mol. The van der Waals surface area contributed by atoms with Crippen LogP contribution in [0, 0.1) is 5.92 Å². The lowest BCUT2D eigenvalue weighted by Gasteiger charge is -2.39. The summed E-state index contributed by atoms with van der Waals surface area (Å²) in [4.78, 5) is 25.0. The van der Waals surface area contributed by atoms with Crippen LogP contribution >= 0.6 is 0 Å². The van der Waals surface area contributed by atoms with Crippen LogP contribution in [-0.2, 0) is 9.59 Å². The molecule has 1 aliphatic heterocycles. The quantitative estimate of drug-likeness (QED) is 0.867. The number of aliphatic carboxylic acids is 1. The number of hydrogen-bond acceptors (Lipinski definition) is 4. The van der Waals surface area contributed by atoms with Crippen LogP contribution < -0.4 is 15.4 Å². The number of fused-ring (bicyclic) bond motifs is 1. The molecule has 1 aliphatic carbocycles. The van der Waals surface area contributed by atoms with E-state index in [2.05, 4.69) is 0 Å². The Balaban J connectivity index is 1.96. The summed E-state index contributed by atoms with van der Waals surface area (Å²) in [5, 5.41) is 8.94. The molecule has 1 aromatic carbocycles. The Morgan fingerprint density at radius 3 is 2.78 bits per heavy atom. The van der Waals surface area contributed by atoms with Gasteiger partial charge in [0.25, 0.3) is 5.91 Å². The number of ether oxygens (including phenoxy) is 1. The van der Waals surface area contributed by atoms with Gasteiger partial charge in [-0.25, -0.2) is 0 Å². The highest BCUT2D eigenvalue weighted by Crippen LogP contribution is 2.43. The van der Waals surface area contributed by atoms with Gasteiger partial charge in [-0.15, -0.1) is 0 Å². The van der Waals surface area contributed by atoms with E-state index in [-0.39, 0.29) is 24.9 Å². The SMILES string of the molecule is CC1(C)Oc2ccc(C(N)C3CC3)cc2N(CCC(=O)O)C1=O. The molecule has 6 heteroatoms. The van der Waals surface area contributed by atoms with Crippen molar-refractivity contribution in [2.45, 2.75) is 44.8 Å². The van der Waals surface area contributed by atoms with Crippen LogP contribution in [0.15, 0.2) is 18.2 Å². The number of carboxylic acid groups (broad SMARTS) is 1. The molecule has 2 aliphatic rings. The smallest absolute Gasteiger partial charge is 0.305 e. The molecule has 1 heterocycles. The number of rotatable bonds is 5. The van der Waals surface area contributed by atoms with Crippen molar-refractivity contribution in [2.75, 3.05) is 11.4 Å². The van der Waals surface area contributed by atoms with Crippen LogP contribution in [0.2, 0.25) is 0 Å². The summed E-state index contributed by atoms with van der Waals surface area (Å²) in [6.07, 6.45) is 2.15. The minimum Gasteiger partial charge on any atom is -0.481 e. The van der Waals surface area contributed by atoms with E-state index in [9.17, 15) is 9.59 Å². The minimum absolute atomic E-state index is 0.0494. The molecule has 0 aromatic heterocycles. The summed E-state index contributed by atoms with van der Waals surface area (Å²) in [6.45, 7) is 3.50. The van der Waals surface area contributed by atoms with E-state index in [4.69, 9.17) is 15.6 Å². The van der Waals surface area contributed by atoms with E-state index in [1.807, 2.05) is 18.2 Å². The Labute approximate surface area is 135 Å². The average Bonchev–Trinajstić information content (AvgIpc) is 3.31. The highest BCUT2D eigenvalue weighted by atomic mass is 16.5. The Bertz CT molecular complexity index is 652. The Hall–Kier alpha value is -2.08. The molecule has 3 N–H and O–H groups in total. The third kappa shape index (κ3) is 3.03. The van der Waals surface area contributed by atoms with Crippen LogP contribution in [0.5, 0.6) is 5.75 Å².